The third-order valence-corrected chi connectivity index (χ3v) is 7.49. The van der Waals surface area contributed by atoms with Crippen molar-refractivity contribution >= 4 is 17.5 Å². The highest BCUT2D eigenvalue weighted by Crippen LogP contribution is 2.36. The van der Waals surface area contributed by atoms with Crippen molar-refractivity contribution < 1.29 is 19.2 Å². The van der Waals surface area contributed by atoms with Crippen molar-refractivity contribution in [3.8, 4) is 17.2 Å². The third-order valence-electron chi connectivity index (χ3n) is 7.49. The molecule has 2 aliphatic rings. The lowest BCUT2D eigenvalue weighted by atomic mass is 9.80. The summed E-state index contributed by atoms with van der Waals surface area (Å²) in [7, 11) is 0. The van der Waals surface area contributed by atoms with E-state index in [2.05, 4.69) is 15.5 Å². The topological polar surface area (TPSA) is 123 Å². The first kappa shape index (κ1) is 24.2. The maximum atomic E-state index is 11.6. The van der Waals surface area contributed by atoms with E-state index in [4.69, 9.17) is 19.2 Å². The van der Waals surface area contributed by atoms with E-state index in [1.807, 2.05) is 32.2 Å². The Labute approximate surface area is 210 Å². The highest BCUT2D eigenvalue weighted by atomic mass is 16.5. The van der Waals surface area contributed by atoms with Crippen LogP contribution in [0.25, 0.3) is 11.5 Å². The fourth-order valence-electron chi connectivity index (χ4n) is 5.44. The van der Waals surface area contributed by atoms with Crippen molar-refractivity contribution in [3.63, 3.8) is 0 Å². The van der Waals surface area contributed by atoms with E-state index >= 15 is 0 Å². The Balaban J connectivity index is 1.31. The number of aromatic nitrogens is 4. The molecule has 0 amide bonds. The summed E-state index contributed by atoms with van der Waals surface area (Å²) in [5.41, 5.74) is 3.77. The Morgan fingerprint density at radius 2 is 1.83 bits per heavy atom. The van der Waals surface area contributed by atoms with Crippen LogP contribution in [-0.4, -0.2) is 37.8 Å². The molecule has 0 radical (unpaired) electrons. The van der Waals surface area contributed by atoms with E-state index in [0.29, 0.717) is 59.0 Å². The molecule has 0 bridgehead atoms. The number of carbonyl (C=O) groups is 1. The van der Waals surface area contributed by atoms with E-state index in [1.54, 1.807) is 6.20 Å². The average Bonchev–Trinajstić information content (AvgIpc) is 3.54. The van der Waals surface area contributed by atoms with Crippen molar-refractivity contribution in [3.05, 3.63) is 41.6 Å². The highest BCUT2D eigenvalue weighted by molar-refractivity contribution is 5.75. The van der Waals surface area contributed by atoms with Crippen molar-refractivity contribution in [1.82, 2.24) is 20.1 Å². The number of carboxylic acid groups (broad SMARTS) is 1. The van der Waals surface area contributed by atoms with Crippen molar-refractivity contribution in [2.75, 3.05) is 11.9 Å². The summed E-state index contributed by atoms with van der Waals surface area (Å²) in [5, 5.41) is 17.0. The molecular weight excluding hydrogens is 458 g/mol. The molecule has 0 aromatic carbocycles. The van der Waals surface area contributed by atoms with Gasteiger partial charge < -0.3 is 19.7 Å². The van der Waals surface area contributed by atoms with E-state index in [0.717, 1.165) is 37.8 Å². The fraction of sp³-hybridized carbons (Fsp3) is 0.519. The normalized spacial score (nSPS) is 20.4. The summed E-state index contributed by atoms with van der Waals surface area (Å²) < 4.78 is 11.7. The maximum absolute atomic E-state index is 11.6. The molecule has 190 valence electrons. The van der Waals surface area contributed by atoms with Gasteiger partial charge in [0, 0.05) is 18.0 Å². The molecule has 2 aliphatic carbocycles. The second-order valence-corrected chi connectivity index (χ2v) is 9.99. The van der Waals surface area contributed by atoms with Gasteiger partial charge in [0.25, 0.3) is 0 Å². The van der Waals surface area contributed by atoms with Gasteiger partial charge in [0.2, 0.25) is 5.76 Å². The van der Waals surface area contributed by atoms with Crippen LogP contribution in [0.1, 0.15) is 74.4 Å². The Hall–Kier alpha value is -3.49. The molecule has 2 fully saturated rings. The smallest absolute Gasteiger partial charge is 0.306 e. The van der Waals surface area contributed by atoms with Gasteiger partial charge in [0.1, 0.15) is 28.6 Å². The standard InChI is InChI=1S/C27H33N5O4/c1-16-23(35-15-19-9-5-6-10-20(19)27(33)34)12-11-21(29-16)26-25(17(2)32-36-26)31-24-14-28-13-22(30-24)18-7-3-4-8-18/h11-14,18-20H,3-10,15H2,1-2H3,(H,30,31)(H,33,34). The Kier molecular flexibility index (Phi) is 7.16. The minimum atomic E-state index is -0.729. The zero-order chi connectivity index (χ0) is 25.1. The number of anilines is 2. The molecule has 2 saturated carbocycles. The van der Waals surface area contributed by atoms with Gasteiger partial charge >= 0.3 is 5.97 Å². The van der Waals surface area contributed by atoms with Gasteiger partial charge in [-0.05, 0) is 51.7 Å². The Morgan fingerprint density at radius 1 is 1.06 bits per heavy atom. The van der Waals surface area contributed by atoms with E-state index in [-0.39, 0.29) is 11.8 Å². The van der Waals surface area contributed by atoms with Crippen LogP contribution in [-0.2, 0) is 4.79 Å². The summed E-state index contributed by atoms with van der Waals surface area (Å²) in [5.74, 6) is 1.25. The lowest BCUT2D eigenvalue weighted by molar-refractivity contribution is -0.145. The number of ether oxygens (including phenoxy) is 1. The molecule has 9 nitrogen and oxygen atoms in total. The van der Waals surface area contributed by atoms with Gasteiger partial charge in [-0.2, -0.15) is 0 Å². The molecule has 36 heavy (non-hydrogen) atoms. The molecule has 2 atom stereocenters. The lowest BCUT2D eigenvalue weighted by Crippen LogP contribution is -2.31. The summed E-state index contributed by atoms with van der Waals surface area (Å²) in [4.78, 5) is 25.5. The van der Waals surface area contributed by atoms with E-state index < -0.39 is 5.97 Å². The van der Waals surface area contributed by atoms with Crippen LogP contribution in [0.15, 0.2) is 29.0 Å². The second kappa shape index (κ2) is 10.6. The minimum Gasteiger partial charge on any atom is -0.491 e. The number of carboxylic acids is 1. The van der Waals surface area contributed by atoms with Gasteiger partial charge in [-0.25, -0.2) is 9.97 Å². The van der Waals surface area contributed by atoms with Crippen LogP contribution in [0.3, 0.4) is 0 Å². The third kappa shape index (κ3) is 5.20. The summed E-state index contributed by atoms with van der Waals surface area (Å²) >= 11 is 0. The predicted octanol–water partition coefficient (Wildman–Crippen LogP) is 5.81. The zero-order valence-electron chi connectivity index (χ0n) is 20.9. The molecule has 9 heteroatoms. The first-order chi connectivity index (χ1) is 17.5. The summed E-state index contributed by atoms with van der Waals surface area (Å²) in [6, 6.07) is 3.70. The van der Waals surface area contributed by atoms with Crippen molar-refractivity contribution in [2.45, 2.75) is 71.1 Å². The second-order valence-electron chi connectivity index (χ2n) is 9.99. The SMILES string of the molecule is Cc1nc(-c2onc(C)c2Nc2cncc(C3CCCC3)n2)ccc1OCC1CCCCC1C(=O)O. The molecule has 3 heterocycles. The van der Waals surface area contributed by atoms with Crippen molar-refractivity contribution in [1.29, 1.82) is 0 Å². The number of nitrogens with one attached hydrogen (secondary N) is 1. The van der Waals surface area contributed by atoms with Crippen LogP contribution in [0.5, 0.6) is 5.75 Å². The van der Waals surface area contributed by atoms with Crippen LogP contribution >= 0.6 is 0 Å². The first-order valence-electron chi connectivity index (χ1n) is 12.9. The van der Waals surface area contributed by atoms with Gasteiger partial charge in [-0.3, -0.25) is 9.78 Å². The molecule has 3 aromatic rings. The van der Waals surface area contributed by atoms with Crippen LogP contribution in [0.2, 0.25) is 0 Å². The quantitative estimate of drug-likeness (QED) is 0.401. The predicted molar refractivity (Wildman–Crippen MR) is 134 cm³/mol. The van der Waals surface area contributed by atoms with Crippen LogP contribution in [0.4, 0.5) is 11.5 Å². The number of hydrogen-bond donors (Lipinski definition) is 2. The van der Waals surface area contributed by atoms with Gasteiger partial charge in [0.15, 0.2) is 0 Å². The summed E-state index contributed by atoms with van der Waals surface area (Å²) in [6.07, 6.45) is 12.0. The molecule has 2 unspecified atom stereocenters. The van der Waals surface area contributed by atoms with E-state index in [1.165, 1.54) is 12.8 Å². The van der Waals surface area contributed by atoms with Gasteiger partial charge in [-0.15, -0.1) is 0 Å². The Morgan fingerprint density at radius 3 is 2.61 bits per heavy atom. The van der Waals surface area contributed by atoms with Gasteiger partial charge in [0.05, 0.1) is 30.1 Å². The monoisotopic (exact) mass is 491 g/mol. The number of pyridine rings is 1. The number of rotatable bonds is 8. The number of aliphatic carboxylic acids is 1. The van der Waals surface area contributed by atoms with E-state index in [9.17, 15) is 9.90 Å². The molecule has 2 N–H and O–H groups in total. The summed E-state index contributed by atoms with van der Waals surface area (Å²) in [6.45, 7) is 4.13. The average molecular weight is 492 g/mol. The molecule has 0 saturated heterocycles. The molecule has 5 rings (SSSR count). The van der Waals surface area contributed by atoms with Crippen molar-refractivity contribution in [2.24, 2.45) is 11.8 Å². The molecule has 0 spiro atoms. The van der Waals surface area contributed by atoms with Crippen LogP contribution in [0, 0.1) is 25.7 Å². The lowest BCUT2D eigenvalue weighted by Gasteiger charge is -2.28. The Bertz CT molecular complexity index is 1220. The number of hydrogen-bond acceptors (Lipinski definition) is 8. The minimum absolute atomic E-state index is 0.0177. The number of nitrogens with zero attached hydrogens (tertiary/aromatic N) is 4. The van der Waals surface area contributed by atoms with Crippen LogP contribution < -0.4 is 10.1 Å². The van der Waals surface area contributed by atoms with Gasteiger partial charge in [-0.1, -0.05) is 30.8 Å². The fourth-order valence-corrected chi connectivity index (χ4v) is 5.44. The highest BCUT2D eigenvalue weighted by Gasteiger charge is 2.31. The maximum Gasteiger partial charge on any atom is 0.306 e. The molecule has 3 aromatic heterocycles. The zero-order valence-corrected chi connectivity index (χ0v) is 20.9. The molecular formula is C27H33N5O4. The first-order valence-corrected chi connectivity index (χ1v) is 12.9. The number of aryl methyl sites for hydroxylation is 2. The molecule has 0 aliphatic heterocycles. The largest absolute Gasteiger partial charge is 0.491 e.